The van der Waals surface area contributed by atoms with Gasteiger partial charge in [-0.15, -0.1) is 0 Å². The molecule has 0 spiro atoms. The highest BCUT2D eigenvalue weighted by Gasteiger charge is 2.09. The van der Waals surface area contributed by atoms with E-state index in [0.717, 1.165) is 22.2 Å². The minimum absolute atomic E-state index is 0.219. The van der Waals surface area contributed by atoms with Crippen molar-refractivity contribution in [2.45, 2.75) is 6.54 Å². The number of nitrogen functional groups attached to an aromatic ring is 1. The summed E-state index contributed by atoms with van der Waals surface area (Å²) in [5.74, 6) is -0.219. The summed E-state index contributed by atoms with van der Waals surface area (Å²) in [6.45, 7) is 0.689. The van der Waals surface area contributed by atoms with Gasteiger partial charge in [-0.2, -0.15) is 0 Å². The Hall–Kier alpha value is -2.62. The van der Waals surface area contributed by atoms with Gasteiger partial charge in [0, 0.05) is 30.9 Å². The predicted octanol–water partition coefficient (Wildman–Crippen LogP) is 3.59. The highest BCUT2D eigenvalue weighted by molar-refractivity contribution is 5.97. The normalized spacial score (nSPS) is 10.8. The van der Waals surface area contributed by atoms with Crippen LogP contribution in [0.2, 0.25) is 0 Å². The van der Waals surface area contributed by atoms with Crippen molar-refractivity contribution in [3.05, 3.63) is 66.1 Å². The maximum Gasteiger partial charge on any atom is 0.123 e. The lowest BCUT2D eigenvalue weighted by molar-refractivity contribution is 0.627. The number of hydrogen-bond acceptors (Lipinski definition) is 3. The lowest BCUT2D eigenvalue weighted by Gasteiger charge is -2.21. The number of fused-ring (bicyclic) bond motifs is 1. The molecule has 4 heteroatoms. The summed E-state index contributed by atoms with van der Waals surface area (Å²) in [6, 6.07) is 14.3. The predicted molar refractivity (Wildman–Crippen MR) is 84.7 cm³/mol. The van der Waals surface area contributed by atoms with Crippen molar-refractivity contribution in [2.24, 2.45) is 0 Å². The molecule has 0 aliphatic rings. The van der Waals surface area contributed by atoms with E-state index in [1.165, 1.54) is 12.1 Å². The molecule has 0 radical (unpaired) electrons. The van der Waals surface area contributed by atoms with Crippen LogP contribution in [-0.4, -0.2) is 12.0 Å². The van der Waals surface area contributed by atoms with Crippen LogP contribution in [0.1, 0.15) is 5.56 Å². The molecule has 0 amide bonds. The molecule has 21 heavy (non-hydrogen) atoms. The Morgan fingerprint density at radius 2 is 1.86 bits per heavy atom. The van der Waals surface area contributed by atoms with Crippen LogP contribution >= 0.6 is 0 Å². The van der Waals surface area contributed by atoms with E-state index >= 15 is 0 Å². The summed E-state index contributed by atoms with van der Waals surface area (Å²) >= 11 is 0. The molecule has 3 aromatic rings. The molecule has 0 saturated carbocycles. The third kappa shape index (κ3) is 2.65. The Bertz CT molecular complexity index is 769. The van der Waals surface area contributed by atoms with Crippen LogP contribution in [0.4, 0.5) is 15.8 Å². The summed E-state index contributed by atoms with van der Waals surface area (Å²) in [5, 5.41) is 1.02. The third-order valence-corrected chi connectivity index (χ3v) is 3.52. The van der Waals surface area contributed by atoms with Crippen molar-refractivity contribution < 1.29 is 4.39 Å². The lowest BCUT2D eigenvalue weighted by Crippen LogP contribution is -2.16. The molecular weight excluding hydrogens is 265 g/mol. The number of nitrogens with zero attached hydrogens (tertiary/aromatic N) is 2. The Morgan fingerprint density at radius 1 is 1.10 bits per heavy atom. The topological polar surface area (TPSA) is 42.2 Å². The van der Waals surface area contributed by atoms with Gasteiger partial charge in [0.2, 0.25) is 0 Å². The quantitative estimate of drug-likeness (QED) is 0.746. The Morgan fingerprint density at radius 3 is 2.62 bits per heavy atom. The number of aromatic nitrogens is 1. The van der Waals surface area contributed by atoms with Gasteiger partial charge in [-0.3, -0.25) is 4.98 Å². The molecule has 0 aliphatic carbocycles. The van der Waals surface area contributed by atoms with Gasteiger partial charge in [0.05, 0.1) is 11.2 Å². The van der Waals surface area contributed by atoms with Crippen molar-refractivity contribution in [1.29, 1.82) is 0 Å². The maximum atomic E-state index is 13.0. The molecule has 1 aromatic heterocycles. The SMILES string of the molecule is CN(Cc1ccc(F)cc1)c1ccnc2c(N)cccc12. The first-order valence-electron chi connectivity index (χ1n) is 6.74. The second-order valence-corrected chi connectivity index (χ2v) is 5.06. The average Bonchev–Trinajstić information content (AvgIpc) is 2.49. The first kappa shape index (κ1) is 13.4. The van der Waals surface area contributed by atoms with Gasteiger partial charge in [-0.1, -0.05) is 24.3 Å². The summed E-state index contributed by atoms with van der Waals surface area (Å²) in [5.41, 5.74) is 9.55. The zero-order valence-corrected chi connectivity index (χ0v) is 11.8. The van der Waals surface area contributed by atoms with Gasteiger partial charge in [-0.25, -0.2) is 4.39 Å². The zero-order chi connectivity index (χ0) is 14.8. The standard InChI is InChI=1S/C17H16FN3/c1-21(11-12-5-7-13(18)8-6-12)16-9-10-20-17-14(16)3-2-4-15(17)19/h2-10H,11,19H2,1H3. The molecule has 3 nitrogen and oxygen atoms in total. The second kappa shape index (κ2) is 5.40. The Kier molecular flexibility index (Phi) is 3.44. The van der Waals surface area contributed by atoms with E-state index < -0.39 is 0 Å². The first-order chi connectivity index (χ1) is 10.1. The van der Waals surface area contributed by atoms with E-state index in [0.29, 0.717) is 12.2 Å². The molecule has 2 N–H and O–H groups in total. The highest BCUT2D eigenvalue weighted by atomic mass is 19.1. The van der Waals surface area contributed by atoms with E-state index in [1.54, 1.807) is 18.3 Å². The maximum absolute atomic E-state index is 13.0. The van der Waals surface area contributed by atoms with Crippen LogP contribution in [0.5, 0.6) is 0 Å². The number of rotatable bonds is 3. The molecule has 0 fully saturated rings. The Balaban J connectivity index is 1.96. The number of para-hydroxylation sites is 1. The summed E-state index contributed by atoms with van der Waals surface area (Å²) < 4.78 is 13.0. The fraction of sp³-hybridized carbons (Fsp3) is 0.118. The number of hydrogen-bond donors (Lipinski definition) is 1. The summed E-state index contributed by atoms with van der Waals surface area (Å²) in [7, 11) is 2.00. The van der Waals surface area contributed by atoms with Crippen LogP contribution < -0.4 is 10.6 Å². The number of nitrogens with two attached hydrogens (primary N) is 1. The number of pyridine rings is 1. The highest BCUT2D eigenvalue weighted by Crippen LogP contribution is 2.28. The molecular formula is C17H16FN3. The van der Waals surface area contributed by atoms with Gasteiger partial charge in [-0.05, 0) is 29.8 Å². The van der Waals surface area contributed by atoms with Crippen molar-refractivity contribution in [3.8, 4) is 0 Å². The van der Waals surface area contributed by atoms with Gasteiger partial charge in [0.25, 0.3) is 0 Å². The molecule has 3 rings (SSSR count). The number of halogens is 1. The average molecular weight is 281 g/mol. The van der Waals surface area contributed by atoms with E-state index in [-0.39, 0.29) is 5.82 Å². The fourth-order valence-electron chi connectivity index (χ4n) is 2.47. The van der Waals surface area contributed by atoms with Gasteiger partial charge in [0.1, 0.15) is 5.82 Å². The van der Waals surface area contributed by atoms with Crippen LogP contribution in [0.25, 0.3) is 10.9 Å². The molecule has 0 atom stereocenters. The smallest absolute Gasteiger partial charge is 0.123 e. The molecule has 0 saturated heterocycles. The molecule has 0 unspecified atom stereocenters. The minimum atomic E-state index is -0.219. The number of benzene rings is 2. The van der Waals surface area contributed by atoms with Gasteiger partial charge in [0.15, 0.2) is 0 Å². The lowest BCUT2D eigenvalue weighted by atomic mass is 10.1. The van der Waals surface area contributed by atoms with Crippen LogP contribution in [0.15, 0.2) is 54.7 Å². The fourth-order valence-corrected chi connectivity index (χ4v) is 2.47. The molecule has 2 aromatic carbocycles. The van der Waals surface area contributed by atoms with Crippen molar-refractivity contribution in [2.75, 3.05) is 17.7 Å². The molecule has 0 bridgehead atoms. The van der Waals surface area contributed by atoms with Crippen molar-refractivity contribution in [1.82, 2.24) is 4.98 Å². The van der Waals surface area contributed by atoms with E-state index in [4.69, 9.17) is 5.73 Å². The van der Waals surface area contributed by atoms with E-state index in [9.17, 15) is 4.39 Å². The zero-order valence-electron chi connectivity index (χ0n) is 11.8. The van der Waals surface area contributed by atoms with Gasteiger partial charge >= 0.3 is 0 Å². The molecule has 0 aliphatic heterocycles. The largest absolute Gasteiger partial charge is 0.397 e. The van der Waals surface area contributed by atoms with Crippen molar-refractivity contribution in [3.63, 3.8) is 0 Å². The van der Waals surface area contributed by atoms with Crippen molar-refractivity contribution >= 4 is 22.3 Å². The second-order valence-electron chi connectivity index (χ2n) is 5.06. The van der Waals surface area contributed by atoms with E-state index in [2.05, 4.69) is 9.88 Å². The molecule has 106 valence electrons. The van der Waals surface area contributed by atoms with Crippen LogP contribution in [-0.2, 0) is 6.54 Å². The summed E-state index contributed by atoms with van der Waals surface area (Å²) in [4.78, 5) is 6.45. The molecule has 1 heterocycles. The van der Waals surface area contributed by atoms with Gasteiger partial charge < -0.3 is 10.6 Å². The minimum Gasteiger partial charge on any atom is -0.397 e. The first-order valence-corrected chi connectivity index (χ1v) is 6.74. The summed E-state index contributed by atoms with van der Waals surface area (Å²) in [6.07, 6.45) is 1.76. The van der Waals surface area contributed by atoms with E-state index in [1.807, 2.05) is 31.3 Å². The van der Waals surface area contributed by atoms with Crippen LogP contribution in [0, 0.1) is 5.82 Å². The number of anilines is 2. The monoisotopic (exact) mass is 281 g/mol. The van der Waals surface area contributed by atoms with Crippen LogP contribution in [0.3, 0.4) is 0 Å². The third-order valence-electron chi connectivity index (χ3n) is 3.52. The Labute approximate surface area is 122 Å².